The summed E-state index contributed by atoms with van der Waals surface area (Å²) in [5, 5.41) is 3.45. The number of methoxy groups -OCH3 is 1. The van der Waals surface area contributed by atoms with Gasteiger partial charge in [0.2, 0.25) is 0 Å². The van der Waals surface area contributed by atoms with E-state index < -0.39 is 0 Å². The van der Waals surface area contributed by atoms with E-state index in [0.717, 1.165) is 18.9 Å². The monoisotopic (exact) mass is 265 g/mol. The highest BCUT2D eigenvalue weighted by molar-refractivity contribution is 5.47. The number of pyridine rings is 1. The molecule has 0 aliphatic carbocycles. The van der Waals surface area contributed by atoms with Crippen LogP contribution >= 0.6 is 0 Å². The summed E-state index contributed by atoms with van der Waals surface area (Å²) in [4.78, 5) is 6.85. The smallest absolute Gasteiger partial charge is 0.133 e. The molecular weight excluding hydrogens is 238 g/mol. The molecular formula is C15H27N3O. The van der Waals surface area contributed by atoms with Crippen molar-refractivity contribution in [2.45, 2.75) is 46.3 Å². The van der Waals surface area contributed by atoms with E-state index in [4.69, 9.17) is 4.74 Å². The number of aromatic nitrogens is 1. The number of nitrogens with one attached hydrogen (secondary N) is 1. The minimum absolute atomic E-state index is 0.405. The molecule has 0 saturated heterocycles. The zero-order chi connectivity index (χ0) is 14.3. The van der Waals surface area contributed by atoms with Crippen LogP contribution in [0.1, 0.15) is 33.3 Å². The number of nitrogens with zero attached hydrogens (tertiary/aromatic N) is 2. The molecule has 4 heteroatoms. The number of anilines is 1. The van der Waals surface area contributed by atoms with Crippen molar-refractivity contribution < 1.29 is 4.74 Å². The van der Waals surface area contributed by atoms with Crippen molar-refractivity contribution in [2.24, 2.45) is 0 Å². The second kappa shape index (κ2) is 8.12. The van der Waals surface area contributed by atoms with Crippen LogP contribution in [0.5, 0.6) is 0 Å². The molecule has 0 amide bonds. The molecule has 0 aromatic carbocycles. The number of hydrogen-bond acceptors (Lipinski definition) is 4. The summed E-state index contributed by atoms with van der Waals surface area (Å²) in [5.41, 5.74) is 1.24. The highest BCUT2D eigenvalue weighted by Crippen LogP contribution is 2.19. The van der Waals surface area contributed by atoms with Crippen LogP contribution in [-0.2, 0) is 11.3 Å². The summed E-state index contributed by atoms with van der Waals surface area (Å²) in [6, 6.07) is 5.01. The van der Waals surface area contributed by atoms with Gasteiger partial charge in [-0.1, -0.05) is 19.9 Å². The number of hydrogen-bond donors (Lipinski definition) is 1. The highest BCUT2D eigenvalue weighted by Gasteiger charge is 2.15. The average molecular weight is 265 g/mol. The summed E-state index contributed by atoms with van der Waals surface area (Å²) >= 11 is 0. The Bertz CT molecular complexity index is 366. The van der Waals surface area contributed by atoms with Gasteiger partial charge < -0.3 is 15.0 Å². The van der Waals surface area contributed by atoms with Gasteiger partial charge in [0.05, 0.1) is 6.61 Å². The van der Waals surface area contributed by atoms with Gasteiger partial charge in [0.25, 0.3) is 0 Å². The zero-order valence-corrected chi connectivity index (χ0v) is 12.8. The van der Waals surface area contributed by atoms with E-state index >= 15 is 0 Å². The highest BCUT2D eigenvalue weighted by atomic mass is 16.5. The fraction of sp³-hybridized carbons (Fsp3) is 0.667. The van der Waals surface area contributed by atoms with Crippen molar-refractivity contribution in [2.75, 3.05) is 25.2 Å². The van der Waals surface area contributed by atoms with Gasteiger partial charge in [0.15, 0.2) is 0 Å². The predicted molar refractivity (Wildman–Crippen MR) is 80.6 cm³/mol. The third-order valence-corrected chi connectivity index (χ3v) is 3.00. The Labute approximate surface area is 117 Å². The van der Waals surface area contributed by atoms with Crippen LogP contribution in [0.3, 0.4) is 0 Å². The lowest BCUT2D eigenvalue weighted by Crippen LogP contribution is -2.36. The molecule has 0 aliphatic rings. The van der Waals surface area contributed by atoms with Crippen LogP contribution in [0.15, 0.2) is 18.3 Å². The van der Waals surface area contributed by atoms with E-state index in [-0.39, 0.29) is 0 Å². The first-order valence-electron chi connectivity index (χ1n) is 6.99. The third kappa shape index (κ3) is 5.17. The predicted octanol–water partition coefficient (Wildman–Crippen LogP) is 2.44. The molecule has 0 bridgehead atoms. The summed E-state index contributed by atoms with van der Waals surface area (Å²) in [7, 11) is 1.73. The van der Waals surface area contributed by atoms with Crippen molar-refractivity contribution in [3.63, 3.8) is 0 Å². The maximum absolute atomic E-state index is 5.20. The lowest BCUT2D eigenvalue weighted by molar-refractivity contribution is 0.203. The van der Waals surface area contributed by atoms with Crippen molar-refractivity contribution in [3.05, 3.63) is 23.9 Å². The molecule has 1 N–H and O–H groups in total. The molecule has 0 radical (unpaired) electrons. The van der Waals surface area contributed by atoms with E-state index in [1.54, 1.807) is 7.11 Å². The minimum Gasteiger partial charge on any atom is -0.383 e. The second-order valence-electron chi connectivity index (χ2n) is 5.30. The normalized spacial score (nSPS) is 11.3. The van der Waals surface area contributed by atoms with Gasteiger partial charge in [-0.2, -0.15) is 0 Å². The summed E-state index contributed by atoms with van der Waals surface area (Å²) in [5.74, 6) is 1.06. The van der Waals surface area contributed by atoms with Crippen molar-refractivity contribution in [1.82, 2.24) is 10.3 Å². The van der Waals surface area contributed by atoms with Crippen molar-refractivity contribution in [1.29, 1.82) is 0 Å². The quantitative estimate of drug-likeness (QED) is 0.783. The van der Waals surface area contributed by atoms with Crippen molar-refractivity contribution >= 4 is 5.82 Å². The second-order valence-corrected chi connectivity index (χ2v) is 5.30. The number of rotatable bonds is 8. The molecule has 0 fully saturated rings. The van der Waals surface area contributed by atoms with E-state index in [1.165, 1.54) is 5.56 Å². The molecule has 1 heterocycles. The van der Waals surface area contributed by atoms with Crippen LogP contribution in [0, 0.1) is 0 Å². The van der Waals surface area contributed by atoms with Crippen molar-refractivity contribution in [3.8, 4) is 0 Å². The maximum atomic E-state index is 5.20. The topological polar surface area (TPSA) is 37.4 Å². The SMILES string of the molecule is COCCN(c1ncccc1CNC(C)C)C(C)C. The van der Waals surface area contributed by atoms with Gasteiger partial charge in [-0.25, -0.2) is 4.98 Å². The van der Waals surface area contributed by atoms with Gasteiger partial charge in [-0.05, 0) is 19.9 Å². The lowest BCUT2D eigenvalue weighted by atomic mass is 10.2. The van der Waals surface area contributed by atoms with Gasteiger partial charge in [-0.3, -0.25) is 0 Å². The van der Waals surface area contributed by atoms with E-state index in [2.05, 4.69) is 49.0 Å². The molecule has 0 unspecified atom stereocenters. The number of ether oxygens (including phenoxy) is 1. The molecule has 0 saturated carbocycles. The molecule has 1 aromatic heterocycles. The Morgan fingerprint density at radius 2 is 2.05 bits per heavy atom. The van der Waals surface area contributed by atoms with Crippen LogP contribution in [0.25, 0.3) is 0 Å². The molecule has 19 heavy (non-hydrogen) atoms. The Hall–Kier alpha value is -1.13. The molecule has 1 rings (SSSR count). The van der Waals surface area contributed by atoms with Gasteiger partial charge in [0, 0.05) is 44.0 Å². The zero-order valence-electron chi connectivity index (χ0n) is 12.8. The molecule has 0 aliphatic heterocycles. The summed E-state index contributed by atoms with van der Waals surface area (Å²) in [6.45, 7) is 11.1. The molecule has 108 valence electrons. The van der Waals surface area contributed by atoms with E-state index in [0.29, 0.717) is 18.7 Å². The molecule has 0 atom stereocenters. The molecule has 1 aromatic rings. The van der Waals surface area contributed by atoms with E-state index in [9.17, 15) is 0 Å². The van der Waals surface area contributed by atoms with Gasteiger partial charge in [0.1, 0.15) is 5.82 Å². The van der Waals surface area contributed by atoms with Crippen LogP contribution < -0.4 is 10.2 Å². The first-order valence-corrected chi connectivity index (χ1v) is 6.99. The molecule has 4 nitrogen and oxygen atoms in total. The first-order chi connectivity index (χ1) is 9.06. The van der Waals surface area contributed by atoms with Crippen LogP contribution in [0.4, 0.5) is 5.82 Å². The molecule has 0 spiro atoms. The Kier molecular flexibility index (Phi) is 6.81. The van der Waals surface area contributed by atoms with Gasteiger partial charge in [-0.15, -0.1) is 0 Å². The Morgan fingerprint density at radius 3 is 2.63 bits per heavy atom. The third-order valence-electron chi connectivity index (χ3n) is 3.00. The fourth-order valence-electron chi connectivity index (χ4n) is 1.94. The average Bonchev–Trinajstić information content (AvgIpc) is 2.37. The van der Waals surface area contributed by atoms with Crippen LogP contribution in [-0.4, -0.2) is 37.3 Å². The Morgan fingerprint density at radius 1 is 1.32 bits per heavy atom. The van der Waals surface area contributed by atoms with Crippen LogP contribution in [0.2, 0.25) is 0 Å². The Balaban J connectivity index is 2.88. The minimum atomic E-state index is 0.405. The fourth-order valence-corrected chi connectivity index (χ4v) is 1.94. The summed E-state index contributed by atoms with van der Waals surface area (Å²) < 4.78 is 5.20. The summed E-state index contributed by atoms with van der Waals surface area (Å²) in [6.07, 6.45) is 1.86. The largest absolute Gasteiger partial charge is 0.383 e. The van der Waals surface area contributed by atoms with E-state index in [1.807, 2.05) is 12.3 Å². The van der Waals surface area contributed by atoms with Gasteiger partial charge >= 0.3 is 0 Å². The maximum Gasteiger partial charge on any atom is 0.133 e. The standard InChI is InChI=1S/C15H27N3O/c1-12(2)17-11-14-7-6-8-16-15(14)18(13(3)4)9-10-19-5/h6-8,12-13,17H,9-11H2,1-5H3. The lowest BCUT2D eigenvalue weighted by Gasteiger charge is -2.29. The first kappa shape index (κ1) is 15.9.